The second-order valence-corrected chi connectivity index (χ2v) is 11.4. The average Bonchev–Trinajstić information content (AvgIpc) is 3.55. The maximum absolute atomic E-state index is 6.36. The van der Waals surface area contributed by atoms with Gasteiger partial charge in [-0.15, -0.1) is 0 Å². The third kappa shape index (κ3) is 4.29. The van der Waals surface area contributed by atoms with Gasteiger partial charge in [-0.1, -0.05) is 133 Å². The van der Waals surface area contributed by atoms with Gasteiger partial charge in [-0.3, -0.25) is 0 Å². The van der Waals surface area contributed by atoms with Crippen LogP contribution < -0.4 is 0 Å². The molecule has 3 heteroatoms. The number of para-hydroxylation sites is 1. The number of aromatic nitrogens is 2. The predicted octanol–water partition coefficient (Wildman–Crippen LogP) is 11.4. The van der Waals surface area contributed by atoms with Crippen molar-refractivity contribution >= 4 is 43.3 Å². The number of benzene rings is 7. The Kier molecular flexibility index (Phi) is 5.82. The van der Waals surface area contributed by atoms with Gasteiger partial charge >= 0.3 is 0 Å². The fourth-order valence-electron chi connectivity index (χ4n) is 6.55. The summed E-state index contributed by atoms with van der Waals surface area (Å²) in [7, 11) is 0. The molecule has 9 aromatic rings. The normalized spacial score (nSPS) is 11.6. The van der Waals surface area contributed by atoms with E-state index < -0.39 is 0 Å². The Morgan fingerprint density at radius 1 is 0.400 bits per heavy atom. The molecule has 0 atom stereocenters. The lowest BCUT2D eigenvalue weighted by atomic mass is 9.92. The number of nitrogens with zero attached hydrogens (tertiary/aromatic N) is 2. The van der Waals surface area contributed by atoms with Crippen molar-refractivity contribution in [2.24, 2.45) is 0 Å². The topological polar surface area (TPSA) is 38.9 Å². The molecule has 0 bridgehead atoms. The summed E-state index contributed by atoms with van der Waals surface area (Å²) in [5, 5.41) is 8.12. The number of fused-ring (bicyclic) bond motifs is 5. The van der Waals surface area contributed by atoms with Crippen LogP contribution in [0.25, 0.3) is 88.5 Å². The fraction of sp³-hybridized carbons (Fsp3) is 0. The van der Waals surface area contributed by atoms with Gasteiger partial charge in [0, 0.05) is 27.6 Å². The molecule has 0 spiro atoms. The van der Waals surface area contributed by atoms with Gasteiger partial charge < -0.3 is 4.42 Å². The molecular weight excluding hydrogens is 548 g/mol. The standard InChI is InChI=1S/C42H26N2O/c1-2-13-28(14-3-1)37-26-38(33-19-9-10-20-34(33)40-25-30-16-6-11-21-39(30)45-40)44-42(43-37)41-32-18-8-5-15-29(32)24-36-31-17-7-4-12-27(31)22-23-35(36)41/h1-26H. The highest BCUT2D eigenvalue weighted by atomic mass is 16.3. The maximum Gasteiger partial charge on any atom is 0.161 e. The molecule has 3 nitrogen and oxygen atoms in total. The highest BCUT2D eigenvalue weighted by molar-refractivity contribution is 6.19. The largest absolute Gasteiger partial charge is 0.456 e. The summed E-state index contributed by atoms with van der Waals surface area (Å²) in [6, 6.07) is 54.9. The van der Waals surface area contributed by atoms with Crippen molar-refractivity contribution in [1.82, 2.24) is 9.97 Å². The molecule has 9 rings (SSSR count). The molecule has 0 saturated carbocycles. The SMILES string of the molecule is c1ccc(-c2cc(-c3ccccc3-c3cc4ccccc4o3)nc(-c3c4ccccc4cc4c3ccc3ccccc34)n2)cc1. The first-order chi connectivity index (χ1) is 22.3. The molecule has 2 aromatic heterocycles. The van der Waals surface area contributed by atoms with E-state index in [0.717, 1.165) is 66.5 Å². The Bertz CT molecular complexity index is 2510. The first kappa shape index (κ1) is 25.4. The van der Waals surface area contributed by atoms with Gasteiger partial charge in [-0.2, -0.15) is 0 Å². The summed E-state index contributed by atoms with van der Waals surface area (Å²) in [6.07, 6.45) is 0. The van der Waals surface area contributed by atoms with Crippen LogP contribution in [-0.2, 0) is 0 Å². The lowest BCUT2D eigenvalue weighted by Crippen LogP contribution is -1.98. The van der Waals surface area contributed by atoms with Crippen LogP contribution in [0.1, 0.15) is 0 Å². The molecule has 0 aliphatic carbocycles. The third-order valence-electron chi connectivity index (χ3n) is 8.68. The average molecular weight is 575 g/mol. The first-order valence-corrected chi connectivity index (χ1v) is 15.2. The van der Waals surface area contributed by atoms with Gasteiger partial charge in [0.25, 0.3) is 0 Å². The molecule has 0 aliphatic heterocycles. The van der Waals surface area contributed by atoms with Gasteiger partial charge in [0.05, 0.1) is 11.4 Å². The van der Waals surface area contributed by atoms with Crippen molar-refractivity contribution in [3.63, 3.8) is 0 Å². The minimum Gasteiger partial charge on any atom is -0.456 e. The van der Waals surface area contributed by atoms with Crippen molar-refractivity contribution < 1.29 is 4.42 Å². The summed E-state index contributed by atoms with van der Waals surface area (Å²) in [6.45, 7) is 0. The number of furan rings is 1. The third-order valence-corrected chi connectivity index (χ3v) is 8.68. The van der Waals surface area contributed by atoms with E-state index in [2.05, 4.69) is 133 Å². The van der Waals surface area contributed by atoms with Crippen LogP contribution in [0.2, 0.25) is 0 Å². The second kappa shape index (κ2) is 10.3. The summed E-state index contributed by atoms with van der Waals surface area (Å²) < 4.78 is 6.36. The van der Waals surface area contributed by atoms with Crippen LogP contribution in [0.4, 0.5) is 0 Å². The molecule has 210 valence electrons. The molecular formula is C42H26N2O. The van der Waals surface area contributed by atoms with E-state index in [-0.39, 0.29) is 0 Å². The van der Waals surface area contributed by atoms with E-state index >= 15 is 0 Å². The Morgan fingerprint density at radius 2 is 1.07 bits per heavy atom. The molecule has 0 N–H and O–H groups in total. The van der Waals surface area contributed by atoms with Crippen LogP contribution in [0.5, 0.6) is 0 Å². The van der Waals surface area contributed by atoms with E-state index in [1.807, 2.05) is 24.3 Å². The Hall–Kier alpha value is -6.06. The highest BCUT2D eigenvalue weighted by Crippen LogP contribution is 2.41. The summed E-state index contributed by atoms with van der Waals surface area (Å²) in [4.78, 5) is 10.6. The Morgan fingerprint density at radius 3 is 1.91 bits per heavy atom. The Balaban J connectivity index is 1.36. The molecule has 0 saturated heterocycles. The lowest BCUT2D eigenvalue weighted by Gasteiger charge is -2.16. The van der Waals surface area contributed by atoms with E-state index in [0.29, 0.717) is 5.82 Å². The van der Waals surface area contributed by atoms with Gasteiger partial charge in [-0.25, -0.2) is 9.97 Å². The van der Waals surface area contributed by atoms with Gasteiger partial charge in [0.15, 0.2) is 5.82 Å². The van der Waals surface area contributed by atoms with Crippen LogP contribution in [0, 0.1) is 0 Å². The Labute approximate surface area is 260 Å². The van der Waals surface area contributed by atoms with E-state index in [1.54, 1.807) is 0 Å². The molecule has 0 amide bonds. The van der Waals surface area contributed by atoms with Crippen molar-refractivity contribution in [2.75, 3.05) is 0 Å². The summed E-state index contributed by atoms with van der Waals surface area (Å²) >= 11 is 0. The van der Waals surface area contributed by atoms with Gasteiger partial charge in [-0.05, 0) is 56.6 Å². The number of rotatable bonds is 4. The van der Waals surface area contributed by atoms with Crippen LogP contribution >= 0.6 is 0 Å². The molecule has 45 heavy (non-hydrogen) atoms. The zero-order valence-electron chi connectivity index (χ0n) is 24.3. The molecule has 0 radical (unpaired) electrons. The predicted molar refractivity (Wildman–Crippen MR) is 186 cm³/mol. The van der Waals surface area contributed by atoms with Crippen molar-refractivity contribution in [2.45, 2.75) is 0 Å². The molecule has 2 heterocycles. The van der Waals surface area contributed by atoms with E-state index in [9.17, 15) is 0 Å². The molecule has 0 fully saturated rings. The summed E-state index contributed by atoms with van der Waals surface area (Å²) in [5.74, 6) is 1.51. The van der Waals surface area contributed by atoms with E-state index in [4.69, 9.17) is 14.4 Å². The maximum atomic E-state index is 6.36. The van der Waals surface area contributed by atoms with E-state index in [1.165, 1.54) is 16.2 Å². The number of hydrogen-bond acceptors (Lipinski definition) is 3. The molecule has 7 aromatic carbocycles. The minimum atomic E-state index is 0.697. The fourth-order valence-corrected chi connectivity index (χ4v) is 6.55. The first-order valence-electron chi connectivity index (χ1n) is 15.2. The van der Waals surface area contributed by atoms with Crippen LogP contribution in [0.15, 0.2) is 162 Å². The van der Waals surface area contributed by atoms with Crippen molar-refractivity contribution in [3.8, 4) is 45.2 Å². The monoisotopic (exact) mass is 574 g/mol. The minimum absolute atomic E-state index is 0.697. The van der Waals surface area contributed by atoms with Crippen LogP contribution in [0.3, 0.4) is 0 Å². The van der Waals surface area contributed by atoms with Gasteiger partial charge in [0.2, 0.25) is 0 Å². The summed E-state index contributed by atoms with van der Waals surface area (Å²) in [5.41, 5.74) is 6.64. The van der Waals surface area contributed by atoms with Crippen molar-refractivity contribution in [1.29, 1.82) is 0 Å². The highest BCUT2D eigenvalue weighted by Gasteiger charge is 2.19. The zero-order valence-corrected chi connectivity index (χ0v) is 24.3. The smallest absolute Gasteiger partial charge is 0.161 e. The molecule has 0 aliphatic rings. The van der Waals surface area contributed by atoms with Gasteiger partial charge in [0.1, 0.15) is 11.3 Å². The quantitative estimate of drug-likeness (QED) is 0.155. The zero-order chi connectivity index (χ0) is 29.7. The van der Waals surface area contributed by atoms with Crippen molar-refractivity contribution in [3.05, 3.63) is 158 Å². The second-order valence-electron chi connectivity index (χ2n) is 11.4. The molecule has 0 unspecified atom stereocenters. The lowest BCUT2D eigenvalue weighted by molar-refractivity contribution is 0.632. The number of hydrogen-bond donors (Lipinski definition) is 0. The van der Waals surface area contributed by atoms with Crippen LogP contribution in [-0.4, -0.2) is 9.97 Å².